The van der Waals surface area contributed by atoms with E-state index in [1.54, 1.807) is 0 Å². The molecule has 6 nitrogen and oxygen atoms in total. The van der Waals surface area contributed by atoms with Gasteiger partial charge in [0.05, 0.1) is 0 Å². The van der Waals surface area contributed by atoms with Gasteiger partial charge in [-0.3, -0.25) is 15.0 Å². The van der Waals surface area contributed by atoms with Crippen LogP contribution in [0.4, 0.5) is 10.5 Å². The third-order valence-corrected chi connectivity index (χ3v) is 7.60. The van der Waals surface area contributed by atoms with E-state index in [-0.39, 0.29) is 17.9 Å². The van der Waals surface area contributed by atoms with Gasteiger partial charge in [-0.25, -0.2) is 4.79 Å². The van der Waals surface area contributed by atoms with Gasteiger partial charge in [0.1, 0.15) is 5.54 Å². The van der Waals surface area contributed by atoms with Crippen molar-refractivity contribution in [2.75, 3.05) is 31.1 Å². The van der Waals surface area contributed by atoms with Crippen molar-refractivity contribution < 1.29 is 9.59 Å². The van der Waals surface area contributed by atoms with Crippen molar-refractivity contribution in [2.45, 2.75) is 58.0 Å². The molecule has 2 fully saturated rings. The lowest BCUT2D eigenvalue weighted by Gasteiger charge is -2.40. The second kappa shape index (κ2) is 11.0. The van der Waals surface area contributed by atoms with E-state index in [4.69, 9.17) is 0 Å². The highest BCUT2D eigenvalue weighted by molar-refractivity contribution is 6.07. The topological polar surface area (TPSA) is 64.7 Å². The van der Waals surface area contributed by atoms with E-state index in [0.717, 1.165) is 58.4 Å². The Morgan fingerprint density at radius 1 is 0.941 bits per heavy atom. The number of imide groups is 1. The molecule has 0 unspecified atom stereocenters. The molecule has 2 aromatic carbocycles. The molecule has 2 aromatic rings. The van der Waals surface area contributed by atoms with Gasteiger partial charge >= 0.3 is 6.03 Å². The second-order valence-corrected chi connectivity index (χ2v) is 9.61. The summed E-state index contributed by atoms with van der Waals surface area (Å²) in [7, 11) is 0. The maximum Gasteiger partial charge on any atom is 0.322 e. The summed E-state index contributed by atoms with van der Waals surface area (Å²) >= 11 is 0. The average molecular weight is 463 g/mol. The van der Waals surface area contributed by atoms with Crippen LogP contribution in [0.1, 0.15) is 50.7 Å². The molecule has 6 heteroatoms. The highest BCUT2D eigenvalue weighted by Crippen LogP contribution is 2.35. The fraction of sp³-hybridized carbons (Fsp3) is 0.500. The number of likely N-dealkylation sites (tertiary alicyclic amines) is 1. The average Bonchev–Trinajstić information content (AvgIpc) is 3.15. The number of carbonyl (C=O) groups excluding carboxylic acids is 2. The van der Waals surface area contributed by atoms with E-state index in [1.807, 2.05) is 18.2 Å². The number of amides is 3. The number of urea groups is 1. The molecule has 2 aliphatic heterocycles. The molecule has 1 atom stereocenters. The van der Waals surface area contributed by atoms with Gasteiger partial charge in [-0.05, 0) is 88.2 Å². The van der Waals surface area contributed by atoms with Gasteiger partial charge in [0.25, 0.3) is 5.91 Å². The van der Waals surface area contributed by atoms with Crippen LogP contribution in [-0.2, 0) is 17.8 Å². The predicted molar refractivity (Wildman–Crippen MR) is 137 cm³/mol. The third-order valence-electron chi connectivity index (χ3n) is 7.60. The Morgan fingerprint density at radius 3 is 2.21 bits per heavy atom. The summed E-state index contributed by atoms with van der Waals surface area (Å²) in [5.74, 6) is 0.0204. The Bertz CT molecular complexity index is 950. The van der Waals surface area contributed by atoms with E-state index in [9.17, 15) is 9.59 Å². The number of anilines is 1. The van der Waals surface area contributed by atoms with E-state index in [2.05, 4.69) is 70.7 Å². The number of piperidine rings is 1. The molecule has 0 aliphatic carbocycles. The number of benzene rings is 2. The first-order chi connectivity index (χ1) is 16.5. The van der Waals surface area contributed by atoms with Gasteiger partial charge in [0.15, 0.2) is 0 Å². The van der Waals surface area contributed by atoms with Crippen molar-refractivity contribution in [3.63, 3.8) is 0 Å². The molecule has 2 saturated heterocycles. The Kier molecular flexibility index (Phi) is 7.88. The van der Waals surface area contributed by atoms with Crippen molar-refractivity contribution in [1.29, 1.82) is 0 Å². The third kappa shape index (κ3) is 5.44. The zero-order chi connectivity index (χ0) is 24.0. The number of hydrogen-bond donors (Lipinski definition) is 2. The summed E-state index contributed by atoms with van der Waals surface area (Å²) in [5.41, 5.74) is 3.08. The first kappa shape index (κ1) is 24.3. The van der Waals surface area contributed by atoms with E-state index in [1.165, 1.54) is 16.8 Å². The maximum absolute atomic E-state index is 12.9. The van der Waals surface area contributed by atoms with Crippen LogP contribution in [0.3, 0.4) is 0 Å². The van der Waals surface area contributed by atoms with Crippen molar-refractivity contribution in [1.82, 2.24) is 15.5 Å². The van der Waals surface area contributed by atoms with Crippen LogP contribution in [-0.4, -0.2) is 48.6 Å². The molecule has 0 saturated carbocycles. The molecule has 3 amide bonds. The maximum atomic E-state index is 12.9. The molecule has 4 rings (SSSR count). The molecule has 2 heterocycles. The standard InChI is InChI=1S/C28H38N4O2/c1-3-32(4-2)25-14-12-23(13-15-25)21-31-19-16-24(17-20-31)28(26(33)29-27(34)30-28)18-8-11-22-9-6-5-7-10-22/h5-7,9-10,12-15,24H,3-4,8,11,16-21H2,1-2H3,(H2,29,30,33,34)/t28-/m1/s1. The predicted octanol–water partition coefficient (Wildman–Crippen LogP) is 4.35. The van der Waals surface area contributed by atoms with Crippen LogP contribution in [0, 0.1) is 5.92 Å². The van der Waals surface area contributed by atoms with Gasteiger partial charge in [0.2, 0.25) is 0 Å². The van der Waals surface area contributed by atoms with Crippen LogP contribution in [0.25, 0.3) is 0 Å². The quantitative estimate of drug-likeness (QED) is 0.516. The summed E-state index contributed by atoms with van der Waals surface area (Å²) in [6, 6.07) is 18.9. The zero-order valence-electron chi connectivity index (χ0n) is 20.6. The largest absolute Gasteiger partial charge is 0.372 e. The van der Waals surface area contributed by atoms with Crippen LogP contribution < -0.4 is 15.5 Å². The number of rotatable bonds is 10. The monoisotopic (exact) mass is 462 g/mol. The number of nitrogens with zero attached hydrogens (tertiary/aromatic N) is 2. The van der Waals surface area contributed by atoms with Gasteiger partial charge < -0.3 is 10.2 Å². The first-order valence-electron chi connectivity index (χ1n) is 12.8. The van der Waals surface area contributed by atoms with Crippen LogP contribution >= 0.6 is 0 Å². The summed E-state index contributed by atoms with van der Waals surface area (Å²) in [6.07, 6.45) is 4.29. The van der Waals surface area contributed by atoms with E-state index < -0.39 is 5.54 Å². The zero-order valence-corrected chi connectivity index (χ0v) is 20.6. The number of hydrogen-bond acceptors (Lipinski definition) is 4. The smallest absolute Gasteiger partial charge is 0.322 e. The molecule has 0 spiro atoms. The van der Waals surface area contributed by atoms with Crippen LogP contribution in [0.15, 0.2) is 54.6 Å². The molecule has 2 N–H and O–H groups in total. The highest BCUT2D eigenvalue weighted by atomic mass is 16.2. The molecule has 0 bridgehead atoms. The molecule has 2 aliphatic rings. The second-order valence-electron chi connectivity index (χ2n) is 9.61. The number of carbonyl (C=O) groups is 2. The summed E-state index contributed by atoms with van der Waals surface area (Å²) in [4.78, 5) is 29.9. The molecule has 0 aromatic heterocycles. The lowest BCUT2D eigenvalue weighted by Crippen LogP contribution is -2.56. The minimum atomic E-state index is -0.774. The fourth-order valence-electron chi connectivity index (χ4n) is 5.63. The lowest BCUT2D eigenvalue weighted by atomic mass is 9.74. The molecular weight excluding hydrogens is 424 g/mol. The fourth-order valence-corrected chi connectivity index (χ4v) is 5.63. The Balaban J connectivity index is 1.34. The van der Waals surface area contributed by atoms with Crippen molar-refractivity contribution in [3.05, 3.63) is 65.7 Å². The Hall–Kier alpha value is -2.86. The van der Waals surface area contributed by atoms with Gasteiger partial charge in [-0.15, -0.1) is 0 Å². The van der Waals surface area contributed by atoms with Crippen molar-refractivity contribution >= 4 is 17.6 Å². The minimum Gasteiger partial charge on any atom is -0.372 e. The Labute approximate surface area is 203 Å². The highest BCUT2D eigenvalue weighted by Gasteiger charge is 2.51. The normalized spacial score (nSPS) is 21.4. The molecular formula is C28H38N4O2. The number of aryl methyl sites for hydroxylation is 1. The van der Waals surface area contributed by atoms with Gasteiger partial charge in [-0.2, -0.15) is 0 Å². The Morgan fingerprint density at radius 2 is 1.62 bits per heavy atom. The van der Waals surface area contributed by atoms with E-state index in [0.29, 0.717) is 6.42 Å². The SMILES string of the molecule is CCN(CC)c1ccc(CN2CCC([C@@]3(CCCc4ccccc4)NC(=O)NC3=O)CC2)cc1. The van der Waals surface area contributed by atoms with Crippen molar-refractivity contribution in [3.8, 4) is 0 Å². The van der Waals surface area contributed by atoms with Crippen LogP contribution in [0.2, 0.25) is 0 Å². The van der Waals surface area contributed by atoms with Crippen molar-refractivity contribution in [2.24, 2.45) is 5.92 Å². The van der Waals surface area contributed by atoms with E-state index >= 15 is 0 Å². The molecule has 34 heavy (non-hydrogen) atoms. The summed E-state index contributed by atoms with van der Waals surface area (Å²) in [5, 5.41) is 5.56. The summed E-state index contributed by atoms with van der Waals surface area (Å²) in [6.45, 7) is 9.19. The van der Waals surface area contributed by atoms with Gasteiger partial charge in [0, 0.05) is 25.3 Å². The molecule has 0 radical (unpaired) electrons. The van der Waals surface area contributed by atoms with Gasteiger partial charge in [-0.1, -0.05) is 42.5 Å². The molecule has 182 valence electrons. The summed E-state index contributed by atoms with van der Waals surface area (Å²) < 4.78 is 0. The first-order valence-corrected chi connectivity index (χ1v) is 12.8. The van der Waals surface area contributed by atoms with Crippen LogP contribution in [0.5, 0.6) is 0 Å². The minimum absolute atomic E-state index is 0.143. The lowest BCUT2D eigenvalue weighted by molar-refractivity contribution is -0.127. The number of nitrogens with one attached hydrogen (secondary N) is 2.